The van der Waals surface area contributed by atoms with E-state index in [0.29, 0.717) is 11.9 Å². The molecule has 5 nitrogen and oxygen atoms in total. The zero-order chi connectivity index (χ0) is 11.4. The first-order chi connectivity index (χ1) is 7.78. The van der Waals surface area contributed by atoms with Crippen molar-refractivity contribution >= 4 is 23.5 Å². The SMILES string of the molecule is CCNc1nc(Cl)nc(NCC2CCC2)n1. The van der Waals surface area contributed by atoms with E-state index in [1.807, 2.05) is 6.92 Å². The molecular formula is C10H16ClN5. The Morgan fingerprint density at radius 1 is 1.19 bits per heavy atom. The molecule has 0 aromatic carbocycles. The first-order valence-corrected chi connectivity index (χ1v) is 6.05. The number of nitrogens with zero attached hydrogens (tertiary/aromatic N) is 3. The Morgan fingerprint density at radius 3 is 2.44 bits per heavy atom. The molecule has 1 saturated carbocycles. The lowest BCUT2D eigenvalue weighted by atomic mass is 9.85. The molecule has 0 unspecified atom stereocenters. The Labute approximate surface area is 100 Å². The average molecular weight is 242 g/mol. The van der Waals surface area contributed by atoms with E-state index in [1.165, 1.54) is 19.3 Å². The number of nitrogens with one attached hydrogen (secondary N) is 2. The van der Waals surface area contributed by atoms with Crippen LogP contribution in [-0.4, -0.2) is 28.0 Å². The van der Waals surface area contributed by atoms with Gasteiger partial charge in [-0.1, -0.05) is 6.42 Å². The van der Waals surface area contributed by atoms with Crippen LogP contribution in [0.3, 0.4) is 0 Å². The van der Waals surface area contributed by atoms with Crippen molar-refractivity contribution in [2.45, 2.75) is 26.2 Å². The highest BCUT2D eigenvalue weighted by atomic mass is 35.5. The van der Waals surface area contributed by atoms with Gasteiger partial charge in [-0.3, -0.25) is 0 Å². The van der Waals surface area contributed by atoms with Crippen molar-refractivity contribution in [3.63, 3.8) is 0 Å². The highest BCUT2D eigenvalue weighted by Crippen LogP contribution is 2.26. The number of hydrogen-bond acceptors (Lipinski definition) is 5. The molecule has 2 N–H and O–H groups in total. The predicted molar refractivity (Wildman–Crippen MR) is 64.8 cm³/mol. The number of aromatic nitrogens is 3. The van der Waals surface area contributed by atoms with E-state index in [0.717, 1.165) is 19.0 Å². The van der Waals surface area contributed by atoms with Crippen LogP contribution < -0.4 is 10.6 Å². The zero-order valence-electron chi connectivity index (χ0n) is 9.33. The van der Waals surface area contributed by atoms with Crippen molar-refractivity contribution in [2.24, 2.45) is 5.92 Å². The highest BCUT2D eigenvalue weighted by Gasteiger charge is 2.17. The second kappa shape index (κ2) is 5.30. The minimum atomic E-state index is 0.224. The van der Waals surface area contributed by atoms with E-state index < -0.39 is 0 Å². The molecule has 6 heteroatoms. The quantitative estimate of drug-likeness (QED) is 0.827. The Kier molecular flexibility index (Phi) is 3.77. The van der Waals surface area contributed by atoms with Gasteiger partial charge in [0.15, 0.2) is 0 Å². The van der Waals surface area contributed by atoms with Crippen LogP contribution in [0.15, 0.2) is 0 Å². The molecule has 88 valence electrons. The number of anilines is 2. The summed E-state index contributed by atoms with van der Waals surface area (Å²) in [7, 11) is 0. The van der Waals surface area contributed by atoms with Crippen LogP contribution in [0.25, 0.3) is 0 Å². The molecule has 1 aromatic rings. The molecule has 0 aliphatic heterocycles. The van der Waals surface area contributed by atoms with Gasteiger partial charge in [-0.05, 0) is 37.3 Å². The normalized spacial score (nSPS) is 15.6. The molecule has 1 aliphatic carbocycles. The largest absolute Gasteiger partial charge is 0.354 e. The molecule has 1 aliphatic rings. The summed E-state index contributed by atoms with van der Waals surface area (Å²) in [5, 5.41) is 6.44. The van der Waals surface area contributed by atoms with Crippen LogP contribution >= 0.6 is 11.6 Å². The molecule has 0 amide bonds. The summed E-state index contributed by atoms with van der Waals surface area (Å²) >= 11 is 5.81. The molecule has 16 heavy (non-hydrogen) atoms. The van der Waals surface area contributed by atoms with Crippen LogP contribution in [-0.2, 0) is 0 Å². The lowest BCUT2D eigenvalue weighted by Crippen LogP contribution is -2.22. The van der Waals surface area contributed by atoms with E-state index in [9.17, 15) is 0 Å². The van der Waals surface area contributed by atoms with Crippen LogP contribution in [0.4, 0.5) is 11.9 Å². The monoisotopic (exact) mass is 241 g/mol. The molecule has 0 saturated heterocycles. The van der Waals surface area contributed by atoms with Gasteiger partial charge in [0.2, 0.25) is 17.2 Å². The third kappa shape index (κ3) is 2.95. The van der Waals surface area contributed by atoms with Gasteiger partial charge in [-0.25, -0.2) is 0 Å². The maximum Gasteiger partial charge on any atom is 0.228 e. The van der Waals surface area contributed by atoms with Gasteiger partial charge in [0.1, 0.15) is 0 Å². The molecular weight excluding hydrogens is 226 g/mol. The van der Waals surface area contributed by atoms with Crippen molar-refractivity contribution in [1.29, 1.82) is 0 Å². The molecule has 0 atom stereocenters. The van der Waals surface area contributed by atoms with Gasteiger partial charge >= 0.3 is 0 Å². The Hall–Kier alpha value is -1.10. The fourth-order valence-electron chi connectivity index (χ4n) is 1.60. The van der Waals surface area contributed by atoms with Crippen LogP contribution in [0.2, 0.25) is 5.28 Å². The minimum absolute atomic E-state index is 0.224. The van der Waals surface area contributed by atoms with E-state index in [2.05, 4.69) is 25.6 Å². The standard InChI is InChI=1S/C10H16ClN5/c1-2-12-9-14-8(11)15-10(16-9)13-6-7-4-3-5-7/h7H,2-6H2,1H3,(H2,12,13,14,15,16). The van der Waals surface area contributed by atoms with Crippen LogP contribution in [0, 0.1) is 5.92 Å². The topological polar surface area (TPSA) is 62.7 Å². The minimum Gasteiger partial charge on any atom is -0.354 e. The number of hydrogen-bond donors (Lipinski definition) is 2. The lowest BCUT2D eigenvalue weighted by molar-refractivity contribution is 0.333. The van der Waals surface area contributed by atoms with Crippen molar-refractivity contribution in [1.82, 2.24) is 15.0 Å². The Balaban J connectivity index is 1.95. The number of halogens is 1. The van der Waals surface area contributed by atoms with Crippen molar-refractivity contribution < 1.29 is 0 Å². The molecule has 1 heterocycles. The predicted octanol–water partition coefficient (Wildman–Crippen LogP) is 2.17. The summed E-state index contributed by atoms with van der Waals surface area (Å²) in [6, 6.07) is 0. The van der Waals surface area contributed by atoms with Crippen LogP contribution in [0.1, 0.15) is 26.2 Å². The maximum absolute atomic E-state index is 5.81. The smallest absolute Gasteiger partial charge is 0.228 e. The summed E-state index contributed by atoms with van der Waals surface area (Å²) in [5.41, 5.74) is 0. The third-order valence-electron chi connectivity index (χ3n) is 2.72. The second-order valence-corrected chi connectivity index (χ2v) is 4.30. The molecule has 0 radical (unpaired) electrons. The van der Waals surface area contributed by atoms with E-state index in [4.69, 9.17) is 11.6 Å². The molecule has 2 rings (SSSR count). The highest BCUT2D eigenvalue weighted by molar-refractivity contribution is 6.28. The van der Waals surface area contributed by atoms with Gasteiger partial charge in [0.25, 0.3) is 0 Å². The average Bonchev–Trinajstić information content (AvgIpc) is 2.14. The molecule has 1 fully saturated rings. The fraction of sp³-hybridized carbons (Fsp3) is 0.700. The summed E-state index contributed by atoms with van der Waals surface area (Å²) in [5.74, 6) is 1.85. The Bertz CT molecular complexity index is 353. The van der Waals surface area contributed by atoms with Gasteiger partial charge in [-0.15, -0.1) is 0 Å². The maximum atomic E-state index is 5.81. The van der Waals surface area contributed by atoms with Gasteiger partial charge in [-0.2, -0.15) is 15.0 Å². The Morgan fingerprint density at radius 2 is 1.88 bits per heavy atom. The molecule has 0 bridgehead atoms. The van der Waals surface area contributed by atoms with Crippen molar-refractivity contribution in [2.75, 3.05) is 23.7 Å². The summed E-state index contributed by atoms with van der Waals surface area (Å²) in [6.07, 6.45) is 3.94. The molecule has 0 spiro atoms. The van der Waals surface area contributed by atoms with E-state index >= 15 is 0 Å². The first kappa shape index (κ1) is 11.4. The van der Waals surface area contributed by atoms with Crippen molar-refractivity contribution in [3.05, 3.63) is 5.28 Å². The van der Waals surface area contributed by atoms with E-state index in [-0.39, 0.29) is 5.28 Å². The third-order valence-corrected chi connectivity index (χ3v) is 2.89. The lowest BCUT2D eigenvalue weighted by Gasteiger charge is -2.25. The zero-order valence-corrected chi connectivity index (χ0v) is 10.1. The summed E-state index contributed by atoms with van der Waals surface area (Å²) in [6.45, 7) is 3.67. The van der Waals surface area contributed by atoms with Crippen molar-refractivity contribution in [3.8, 4) is 0 Å². The molecule has 1 aromatic heterocycles. The second-order valence-electron chi connectivity index (χ2n) is 3.96. The fourth-order valence-corrected chi connectivity index (χ4v) is 1.76. The van der Waals surface area contributed by atoms with Crippen LogP contribution in [0.5, 0.6) is 0 Å². The van der Waals surface area contributed by atoms with Gasteiger partial charge < -0.3 is 10.6 Å². The summed E-state index contributed by atoms with van der Waals surface area (Å²) < 4.78 is 0. The van der Waals surface area contributed by atoms with Gasteiger partial charge in [0, 0.05) is 13.1 Å². The number of rotatable bonds is 5. The van der Waals surface area contributed by atoms with Gasteiger partial charge in [0.05, 0.1) is 0 Å². The summed E-state index contributed by atoms with van der Waals surface area (Å²) in [4.78, 5) is 12.2. The van der Waals surface area contributed by atoms with E-state index in [1.54, 1.807) is 0 Å². The first-order valence-electron chi connectivity index (χ1n) is 5.67.